The summed E-state index contributed by atoms with van der Waals surface area (Å²) >= 11 is 0. The molecule has 0 spiro atoms. The van der Waals surface area contributed by atoms with Crippen LogP contribution >= 0.6 is 0 Å². The van der Waals surface area contributed by atoms with Gasteiger partial charge in [-0.2, -0.15) is 0 Å². The van der Waals surface area contributed by atoms with Crippen molar-refractivity contribution in [3.8, 4) is 0 Å². The van der Waals surface area contributed by atoms with Gasteiger partial charge in [0, 0.05) is 0 Å². The van der Waals surface area contributed by atoms with Gasteiger partial charge in [0.1, 0.15) is 0 Å². The molecular weight excluding hydrogens is 160 g/mol. The Bertz CT molecular complexity index is 168. The molecule has 0 aromatic heterocycles. The van der Waals surface area contributed by atoms with Crippen LogP contribution in [0.1, 0.15) is 41.5 Å². The Labute approximate surface area is 82.9 Å². The summed E-state index contributed by atoms with van der Waals surface area (Å²) in [6.45, 7) is 14.8. The van der Waals surface area contributed by atoms with Gasteiger partial charge in [0.25, 0.3) is 0 Å². The van der Waals surface area contributed by atoms with Crippen LogP contribution in [0.15, 0.2) is 0 Å². The van der Waals surface area contributed by atoms with Crippen molar-refractivity contribution in [3.05, 3.63) is 0 Å². The van der Waals surface area contributed by atoms with E-state index in [0.717, 1.165) is 12.5 Å². The second kappa shape index (κ2) is 3.61. The number of rotatable bonds is 0. The molecule has 0 aromatic carbocycles. The standard InChI is InChI=1S/C12H24O/c1-8-9(2)11(12(4,5)6)7-13-10(8)3/h8-11H,7H2,1-6H3/t8-,9?,10+,11-/m1/s1. The summed E-state index contributed by atoms with van der Waals surface area (Å²) in [6, 6.07) is 0. The zero-order valence-electron chi connectivity index (χ0n) is 9.92. The highest BCUT2D eigenvalue weighted by atomic mass is 16.5. The Morgan fingerprint density at radius 1 is 1.00 bits per heavy atom. The quantitative estimate of drug-likeness (QED) is 0.561. The van der Waals surface area contributed by atoms with Gasteiger partial charge < -0.3 is 4.74 Å². The van der Waals surface area contributed by atoms with Crippen LogP contribution in [0, 0.1) is 23.2 Å². The zero-order valence-corrected chi connectivity index (χ0v) is 9.92. The molecule has 1 rings (SSSR count). The minimum Gasteiger partial charge on any atom is -0.378 e. The van der Waals surface area contributed by atoms with Gasteiger partial charge in [0.05, 0.1) is 12.7 Å². The third-order valence-corrected chi connectivity index (χ3v) is 3.86. The van der Waals surface area contributed by atoms with Crippen LogP contribution < -0.4 is 0 Å². The Kier molecular flexibility index (Phi) is 3.06. The first-order valence-electron chi connectivity index (χ1n) is 5.45. The molecule has 1 aliphatic heterocycles. The van der Waals surface area contributed by atoms with Crippen molar-refractivity contribution in [1.29, 1.82) is 0 Å². The molecular formula is C12H24O. The first-order valence-corrected chi connectivity index (χ1v) is 5.45. The Balaban J connectivity index is 2.70. The van der Waals surface area contributed by atoms with Crippen molar-refractivity contribution < 1.29 is 4.74 Å². The number of hydrogen-bond donors (Lipinski definition) is 0. The molecule has 0 N–H and O–H groups in total. The van der Waals surface area contributed by atoms with Crippen LogP contribution in [0.2, 0.25) is 0 Å². The van der Waals surface area contributed by atoms with Crippen LogP contribution in [-0.2, 0) is 4.74 Å². The van der Waals surface area contributed by atoms with Gasteiger partial charge >= 0.3 is 0 Å². The van der Waals surface area contributed by atoms with Crippen LogP contribution in [0.5, 0.6) is 0 Å². The van der Waals surface area contributed by atoms with E-state index in [0.29, 0.717) is 23.4 Å². The van der Waals surface area contributed by atoms with Crippen molar-refractivity contribution in [1.82, 2.24) is 0 Å². The Hall–Kier alpha value is -0.0400. The highest BCUT2D eigenvalue weighted by molar-refractivity contribution is 4.86. The Morgan fingerprint density at radius 2 is 1.54 bits per heavy atom. The van der Waals surface area contributed by atoms with E-state index in [4.69, 9.17) is 4.74 Å². The maximum atomic E-state index is 5.80. The van der Waals surface area contributed by atoms with E-state index in [1.54, 1.807) is 0 Å². The molecule has 13 heavy (non-hydrogen) atoms. The van der Waals surface area contributed by atoms with Crippen molar-refractivity contribution >= 4 is 0 Å². The van der Waals surface area contributed by atoms with Crippen LogP contribution in [0.4, 0.5) is 0 Å². The van der Waals surface area contributed by atoms with Crippen molar-refractivity contribution in [2.24, 2.45) is 23.2 Å². The fourth-order valence-electron chi connectivity index (χ4n) is 2.39. The van der Waals surface area contributed by atoms with E-state index in [9.17, 15) is 0 Å². The fourth-order valence-corrected chi connectivity index (χ4v) is 2.39. The molecule has 1 saturated heterocycles. The lowest BCUT2D eigenvalue weighted by Crippen LogP contribution is -2.43. The summed E-state index contributed by atoms with van der Waals surface area (Å²) in [5.74, 6) is 2.18. The van der Waals surface area contributed by atoms with E-state index >= 15 is 0 Å². The molecule has 0 radical (unpaired) electrons. The van der Waals surface area contributed by atoms with Crippen molar-refractivity contribution in [3.63, 3.8) is 0 Å². The van der Waals surface area contributed by atoms with Gasteiger partial charge in [-0.1, -0.05) is 34.6 Å². The molecule has 0 bridgehead atoms. The summed E-state index contributed by atoms with van der Waals surface area (Å²) in [5, 5.41) is 0. The smallest absolute Gasteiger partial charge is 0.0575 e. The van der Waals surface area contributed by atoms with E-state index in [2.05, 4.69) is 41.5 Å². The number of ether oxygens (including phenoxy) is 1. The molecule has 0 saturated carbocycles. The SMILES string of the molecule is CC1[C@@H](C)[C@H](C)OC[C@H]1C(C)(C)C. The second-order valence-electron chi connectivity index (χ2n) is 5.73. The first-order chi connectivity index (χ1) is 5.84. The van der Waals surface area contributed by atoms with Gasteiger partial charge in [-0.05, 0) is 30.1 Å². The normalized spacial score (nSPS) is 42.0. The maximum Gasteiger partial charge on any atom is 0.0575 e. The minimum absolute atomic E-state index is 0.383. The van der Waals surface area contributed by atoms with E-state index in [1.165, 1.54) is 0 Å². The summed E-state index contributed by atoms with van der Waals surface area (Å²) < 4.78 is 5.80. The monoisotopic (exact) mass is 184 g/mol. The largest absolute Gasteiger partial charge is 0.378 e. The lowest BCUT2D eigenvalue weighted by Gasteiger charge is -2.44. The predicted molar refractivity (Wildman–Crippen MR) is 56.7 cm³/mol. The van der Waals surface area contributed by atoms with Gasteiger partial charge in [-0.15, -0.1) is 0 Å². The highest BCUT2D eigenvalue weighted by Gasteiger charge is 2.38. The molecule has 1 fully saturated rings. The van der Waals surface area contributed by atoms with E-state index < -0.39 is 0 Å². The molecule has 1 heterocycles. The molecule has 0 aromatic rings. The average molecular weight is 184 g/mol. The van der Waals surface area contributed by atoms with Crippen LogP contribution in [0.3, 0.4) is 0 Å². The van der Waals surface area contributed by atoms with E-state index in [1.807, 2.05) is 0 Å². The van der Waals surface area contributed by atoms with Gasteiger partial charge in [0.2, 0.25) is 0 Å². The summed E-state index contributed by atoms with van der Waals surface area (Å²) in [6.07, 6.45) is 0.439. The molecule has 4 atom stereocenters. The molecule has 1 heteroatoms. The van der Waals surface area contributed by atoms with Gasteiger partial charge in [0.15, 0.2) is 0 Å². The summed E-state index contributed by atoms with van der Waals surface area (Å²) in [7, 11) is 0. The minimum atomic E-state index is 0.383. The van der Waals surface area contributed by atoms with Crippen molar-refractivity contribution in [2.45, 2.75) is 47.6 Å². The maximum absolute atomic E-state index is 5.80. The third-order valence-electron chi connectivity index (χ3n) is 3.86. The molecule has 0 amide bonds. The Morgan fingerprint density at radius 3 is 2.00 bits per heavy atom. The van der Waals surface area contributed by atoms with Crippen LogP contribution in [-0.4, -0.2) is 12.7 Å². The lowest BCUT2D eigenvalue weighted by atomic mass is 9.68. The topological polar surface area (TPSA) is 9.23 Å². The molecule has 1 nitrogen and oxygen atoms in total. The molecule has 0 aliphatic carbocycles. The van der Waals surface area contributed by atoms with E-state index in [-0.39, 0.29) is 0 Å². The molecule has 1 unspecified atom stereocenters. The summed E-state index contributed by atoms with van der Waals surface area (Å²) in [4.78, 5) is 0. The second-order valence-corrected chi connectivity index (χ2v) is 5.73. The average Bonchev–Trinajstić information content (AvgIpc) is 1.98. The summed E-state index contributed by atoms with van der Waals surface area (Å²) in [5.41, 5.74) is 0.383. The van der Waals surface area contributed by atoms with Gasteiger partial charge in [-0.3, -0.25) is 0 Å². The zero-order chi connectivity index (χ0) is 10.2. The lowest BCUT2D eigenvalue weighted by molar-refractivity contribution is -0.101. The van der Waals surface area contributed by atoms with Crippen LogP contribution in [0.25, 0.3) is 0 Å². The van der Waals surface area contributed by atoms with Gasteiger partial charge in [-0.25, -0.2) is 0 Å². The third kappa shape index (κ3) is 2.25. The number of hydrogen-bond acceptors (Lipinski definition) is 1. The van der Waals surface area contributed by atoms with Crippen molar-refractivity contribution in [2.75, 3.05) is 6.61 Å². The highest BCUT2D eigenvalue weighted by Crippen LogP contribution is 2.40. The molecule has 78 valence electrons. The predicted octanol–water partition coefficient (Wildman–Crippen LogP) is 3.34. The fraction of sp³-hybridized carbons (Fsp3) is 1.00. The first kappa shape index (κ1) is 11.0. The molecule has 1 aliphatic rings.